The van der Waals surface area contributed by atoms with E-state index in [1.54, 1.807) is 6.21 Å². The van der Waals surface area contributed by atoms with Crippen molar-refractivity contribution in [2.75, 3.05) is 6.54 Å². The Morgan fingerprint density at radius 1 is 1.05 bits per heavy atom. The SMILES string of the molecule is C=C(N=C/C(=C\C)CN=O)C(/C=C\C)=C/C.CC.CC. The Balaban J connectivity index is -0.000000656. The van der Waals surface area contributed by atoms with Crippen molar-refractivity contribution in [3.8, 4) is 0 Å². The maximum absolute atomic E-state index is 10.1. The van der Waals surface area contributed by atoms with E-state index in [2.05, 4.69) is 16.7 Å². The van der Waals surface area contributed by atoms with E-state index < -0.39 is 0 Å². The zero-order chi connectivity index (χ0) is 16.4. The van der Waals surface area contributed by atoms with Crippen molar-refractivity contribution in [3.63, 3.8) is 0 Å². The highest BCUT2D eigenvalue weighted by Gasteiger charge is 1.95. The van der Waals surface area contributed by atoms with E-state index in [4.69, 9.17) is 0 Å². The van der Waals surface area contributed by atoms with Crippen LogP contribution in [0, 0.1) is 4.91 Å². The molecule has 0 fully saturated rings. The molecule has 20 heavy (non-hydrogen) atoms. The van der Waals surface area contributed by atoms with Crippen LogP contribution in [0.3, 0.4) is 0 Å². The van der Waals surface area contributed by atoms with Crippen LogP contribution < -0.4 is 0 Å². The molecular weight excluding hydrogens is 248 g/mol. The van der Waals surface area contributed by atoms with E-state index in [0.717, 1.165) is 11.1 Å². The van der Waals surface area contributed by atoms with Crippen molar-refractivity contribution < 1.29 is 0 Å². The van der Waals surface area contributed by atoms with Crippen molar-refractivity contribution in [1.29, 1.82) is 0 Å². The van der Waals surface area contributed by atoms with Gasteiger partial charge in [0.1, 0.15) is 6.54 Å². The van der Waals surface area contributed by atoms with Gasteiger partial charge in [0.25, 0.3) is 0 Å². The zero-order valence-electron chi connectivity index (χ0n) is 14.1. The van der Waals surface area contributed by atoms with Gasteiger partial charge in [0, 0.05) is 6.21 Å². The summed E-state index contributed by atoms with van der Waals surface area (Å²) in [5.74, 6) is 0. The molecule has 0 aromatic rings. The molecule has 0 aromatic heterocycles. The molecule has 3 heteroatoms. The van der Waals surface area contributed by atoms with Crippen molar-refractivity contribution in [3.05, 3.63) is 52.6 Å². The fourth-order valence-electron chi connectivity index (χ4n) is 1.06. The van der Waals surface area contributed by atoms with Gasteiger partial charge in [-0.25, -0.2) is 0 Å². The molecule has 0 unspecified atom stereocenters. The molecule has 0 heterocycles. The van der Waals surface area contributed by atoms with Crippen molar-refractivity contribution in [1.82, 2.24) is 0 Å². The molecular formula is C17H30N2O. The van der Waals surface area contributed by atoms with Crippen molar-refractivity contribution in [2.45, 2.75) is 48.5 Å². The first-order chi connectivity index (χ1) is 9.69. The standard InChI is InChI=1S/C13H18N2O.2C2H6/c1-5-8-13(7-3)11(4)14-9-12(6-2)10-15-16;2*1-2/h5-9H,4,10H2,1-3H3;2*1-2H3/b8-5-,12-6+,13-7+,14-9?;;. The molecule has 0 rings (SSSR count). The normalized spacial score (nSPS) is 11.6. The lowest BCUT2D eigenvalue weighted by molar-refractivity contribution is 1.18. The summed E-state index contributed by atoms with van der Waals surface area (Å²) in [5.41, 5.74) is 2.42. The molecule has 0 aliphatic rings. The maximum Gasteiger partial charge on any atom is 0.107 e. The number of rotatable bonds is 6. The Labute approximate surface area is 124 Å². The first-order valence-electron chi connectivity index (χ1n) is 7.16. The van der Waals surface area contributed by atoms with Crippen LogP contribution in [0.4, 0.5) is 0 Å². The summed E-state index contributed by atoms with van der Waals surface area (Å²) in [4.78, 5) is 14.3. The fourth-order valence-corrected chi connectivity index (χ4v) is 1.06. The van der Waals surface area contributed by atoms with E-state index in [1.807, 2.05) is 72.8 Å². The van der Waals surface area contributed by atoms with Gasteiger partial charge < -0.3 is 0 Å². The first kappa shape index (κ1) is 23.3. The number of allylic oxidation sites excluding steroid dienone is 4. The molecule has 0 saturated carbocycles. The van der Waals surface area contributed by atoms with Gasteiger partial charge in [0.05, 0.1) is 5.70 Å². The highest BCUT2D eigenvalue weighted by molar-refractivity contribution is 5.80. The van der Waals surface area contributed by atoms with E-state index in [-0.39, 0.29) is 6.54 Å². The molecule has 114 valence electrons. The first-order valence-corrected chi connectivity index (χ1v) is 7.16. The van der Waals surface area contributed by atoms with Crippen molar-refractivity contribution in [2.24, 2.45) is 10.2 Å². The minimum absolute atomic E-state index is 0.141. The number of aliphatic imine (C=N–C) groups is 1. The topological polar surface area (TPSA) is 41.8 Å². The van der Waals surface area contributed by atoms with Crippen LogP contribution in [0.1, 0.15) is 48.5 Å². The molecule has 0 aliphatic heterocycles. The van der Waals surface area contributed by atoms with Crippen LogP contribution in [-0.4, -0.2) is 12.8 Å². The second-order valence-corrected chi connectivity index (χ2v) is 3.10. The third kappa shape index (κ3) is 12.7. The quantitative estimate of drug-likeness (QED) is 0.341. The second-order valence-electron chi connectivity index (χ2n) is 3.10. The third-order valence-corrected chi connectivity index (χ3v) is 1.99. The van der Waals surface area contributed by atoms with Gasteiger partial charge in [0.2, 0.25) is 0 Å². The predicted molar refractivity (Wildman–Crippen MR) is 93.3 cm³/mol. The average Bonchev–Trinajstić information content (AvgIpc) is 2.52. The molecule has 0 amide bonds. The van der Waals surface area contributed by atoms with E-state index in [1.165, 1.54) is 0 Å². The van der Waals surface area contributed by atoms with Crippen LogP contribution in [0.15, 0.2) is 57.9 Å². The Kier molecular flexibility index (Phi) is 22.8. The number of nitroso groups, excluding NO2 is 1. The number of hydrogen-bond acceptors (Lipinski definition) is 3. The molecule has 0 radical (unpaired) electrons. The van der Waals surface area contributed by atoms with Crippen LogP contribution in [0.2, 0.25) is 0 Å². The van der Waals surface area contributed by atoms with Gasteiger partial charge in [-0.15, -0.1) is 0 Å². The molecule has 3 nitrogen and oxygen atoms in total. The Hall–Kier alpha value is -1.77. The summed E-state index contributed by atoms with van der Waals surface area (Å²) in [6, 6.07) is 0. The fraction of sp³-hybridized carbons (Fsp3) is 0.471. The van der Waals surface area contributed by atoms with Crippen molar-refractivity contribution >= 4 is 6.21 Å². The third-order valence-electron chi connectivity index (χ3n) is 1.99. The Bertz CT molecular complexity index is 361. The highest BCUT2D eigenvalue weighted by Crippen LogP contribution is 2.10. The van der Waals surface area contributed by atoms with Crippen LogP contribution in [0.25, 0.3) is 0 Å². The average molecular weight is 278 g/mol. The van der Waals surface area contributed by atoms with Crippen LogP contribution in [0.5, 0.6) is 0 Å². The lowest BCUT2D eigenvalue weighted by atomic mass is 10.2. The van der Waals surface area contributed by atoms with Gasteiger partial charge >= 0.3 is 0 Å². The smallest absolute Gasteiger partial charge is 0.107 e. The molecule has 0 atom stereocenters. The van der Waals surface area contributed by atoms with E-state index in [9.17, 15) is 4.91 Å². The molecule has 0 bridgehead atoms. The zero-order valence-corrected chi connectivity index (χ0v) is 14.1. The lowest BCUT2D eigenvalue weighted by Gasteiger charge is -2.00. The monoisotopic (exact) mass is 278 g/mol. The Morgan fingerprint density at radius 2 is 1.60 bits per heavy atom. The second kappa shape index (κ2) is 19.6. The Morgan fingerprint density at radius 3 is 1.95 bits per heavy atom. The highest BCUT2D eigenvalue weighted by atomic mass is 16.3. The predicted octanol–water partition coefficient (Wildman–Crippen LogP) is 5.86. The number of hydrogen-bond donors (Lipinski definition) is 0. The van der Waals surface area contributed by atoms with E-state index >= 15 is 0 Å². The van der Waals surface area contributed by atoms with Crippen LogP contribution >= 0.6 is 0 Å². The molecule has 0 aliphatic carbocycles. The van der Waals surface area contributed by atoms with Gasteiger partial charge in [0.15, 0.2) is 0 Å². The largest absolute Gasteiger partial charge is 0.257 e. The summed E-state index contributed by atoms with van der Waals surface area (Å²) >= 11 is 0. The van der Waals surface area contributed by atoms with E-state index in [0.29, 0.717) is 5.70 Å². The lowest BCUT2D eigenvalue weighted by Crippen LogP contribution is -1.90. The van der Waals surface area contributed by atoms with Gasteiger partial charge in [-0.05, 0) is 31.9 Å². The van der Waals surface area contributed by atoms with Gasteiger partial charge in [-0.3, -0.25) is 4.99 Å². The molecule has 0 spiro atoms. The summed E-state index contributed by atoms with van der Waals surface area (Å²) in [7, 11) is 0. The summed E-state index contributed by atoms with van der Waals surface area (Å²) < 4.78 is 0. The van der Waals surface area contributed by atoms with Gasteiger partial charge in [-0.1, -0.05) is 63.8 Å². The minimum atomic E-state index is 0.141. The summed E-state index contributed by atoms with van der Waals surface area (Å²) in [6.07, 6.45) is 9.24. The molecule has 0 N–H and O–H groups in total. The van der Waals surface area contributed by atoms with Gasteiger partial charge in [-0.2, -0.15) is 4.91 Å². The molecule has 0 aromatic carbocycles. The number of nitrogens with zero attached hydrogens (tertiary/aromatic N) is 2. The van der Waals surface area contributed by atoms with Crippen LogP contribution in [-0.2, 0) is 0 Å². The maximum atomic E-state index is 10.1. The summed E-state index contributed by atoms with van der Waals surface area (Å²) in [5, 5.41) is 2.82. The molecule has 0 saturated heterocycles. The minimum Gasteiger partial charge on any atom is -0.257 e. The summed E-state index contributed by atoms with van der Waals surface area (Å²) in [6.45, 7) is 17.7.